The van der Waals surface area contributed by atoms with E-state index in [0.29, 0.717) is 45.2 Å². The molecule has 2 heterocycles. The molecule has 0 aromatic heterocycles. The average Bonchev–Trinajstić information content (AvgIpc) is 3.17. The topological polar surface area (TPSA) is 44.8 Å². The number of rotatable bonds is 6. The van der Waals surface area contributed by atoms with Crippen LogP contribution in [0.25, 0.3) is 0 Å². The van der Waals surface area contributed by atoms with Gasteiger partial charge in [0.1, 0.15) is 0 Å². The zero-order valence-electron chi connectivity index (χ0n) is 16.8. The summed E-state index contributed by atoms with van der Waals surface area (Å²) in [6, 6.07) is 8.57. The van der Waals surface area contributed by atoms with Gasteiger partial charge in [-0.2, -0.15) is 0 Å². The average molecular weight is 373 g/mol. The van der Waals surface area contributed by atoms with E-state index in [4.69, 9.17) is 14.2 Å². The molecule has 1 aromatic carbocycles. The van der Waals surface area contributed by atoms with Gasteiger partial charge in [-0.3, -0.25) is 4.79 Å². The van der Waals surface area contributed by atoms with Crippen molar-refractivity contribution in [3.63, 3.8) is 0 Å². The lowest BCUT2D eigenvalue weighted by molar-refractivity contribution is -0.154. The first-order chi connectivity index (χ1) is 13.0. The van der Waals surface area contributed by atoms with Crippen LogP contribution in [0.5, 0.6) is 0 Å². The second kappa shape index (κ2) is 8.57. The Balaban J connectivity index is 1.91. The fourth-order valence-electron chi connectivity index (χ4n) is 4.13. The van der Waals surface area contributed by atoms with Gasteiger partial charge in [0.25, 0.3) is 0 Å². The molecule has 2 aliphatic heterocycles. The maximum Gasteiger partial charge on any atom is 0.316 e. The summed E-state index contributed by atoms with van der Waals surface area (Å²) >= 11 is 0. The predicted molar refractivity (Wildman–Crippen MR) is 106 cm³/mol. The van der Waals surface area contributed by atoms with Crippen molar-refractivity contribution >= 4 is 5.97 Å². The third-order valence-electron chi connectivity index (χ3n) is 5.88. The van der Waals surface area contributed by atoms with Crippen LogP contribution >= 0.6 is 0 Å². The summed E-state index contributed by atoms with van der Waals surface area (Å²) in [5, 5.41) is 0. The Morgan fingerprint density at radius 3 is 2.26 bits per heavy atom. The molecule has 0 aliphatic carbocycles. The van der Waals surface area contributed by atoms with Crippen molar-refractivity contribution < 1.29 is 19.0 Å². The molecule has 4 heteroatoms. The largest absolute Gasteiger partial charge is 0.465 e. The van der Waals surface area contributed by atoms with E-state index in [2.05, 4.69) is 50.3 Å². The number of hydrogen-bond donors (Lipinski definition) is 0. The monoisotopic (exact) mass is 372 g/mol. The van der Waals surface area contributed by atoms with Crippen LogP contribution in [0.1, 0.15) is 51.2 Å². The lowest BCUT2D eigenvalue weighted by atomic mass is 9.72. The van der Waals surface area contributed by atoms with Crippen LogP contribution in [0.4, 0.5) is 0 Å². The normalized spacial score (nSPS) is 25.2. The van der Waals surface area contributed by atoms with E-state index in [1.807, 2.05) is 6.92 Å². The molecule has 0 radical (unpaired) electrons. The van der Waals surface area contributed by atoms with Crippen molar-refractivity contribution in [3.8, 4) is 0 Å². The number of carbonyl (C=O) groups excluding carboxylic acids is 1. The number of allylic oxidation sites excluding steroid dienone is 1. The Bertz CT molecular complexity index is 647. The van der Waals surface area contributed by atoms with Gasteiger partial charge in [-0.25, -0.2) is 0 Å². The van der Waals surface area contributed by atoms with Crippen molar-refractivity contribution in [1.29, 1.82) is 0 Å². The molecule has 1 atom stereocenters. The minimum absolute atomic E-state index is 0.0600. The molecular weight excluding hydrogens is 340 g/mol. The lowest BCUT2D eigenvalue weighted by Crippen LogP contribution is -2.42. The molecule has 3 rings (SSSR count). The van der Waals surface area contributed by atoms with Gasteiger partial charge < -0.3 is 14.2 Å². The summed E-state index contributed by atoms with van der Waals surface area (Å²) in [5.74, 6) is 0.385. The Kier molecular flexibility index (Phi) is 6.38. The van der Waals surface area contributed by atoms with Crippen molar-refractivity contribution in [2.45, 2.75) is 50.9 Å². The molecule has 0 amide bonds. The molecule has 0 saturated carbocycles. The molecule has 1 aromatic rings. The maximum atomic E-state index is 12.8. The Morgan fingerprint density at radius 2 is 1.70 bits per heavy atom. The van der Waals surface area contributed by atoms with Crippen molar-refractivity contribution in [1.82, 2.24) is 0 Å². The first-order valence-corrected chi connectivity index (χ1v) is 10.2. The smallest absolute Gasteiger partial charge is 0.316 e. The first kappa shape index (κ1) is 20.1. The summed E-state index contributed by atoms with van der Waals surface area (Å²) in [7, 11) is 0. The molecule has 0 spiro atoms. The number of ether oxygens (including phenoxy) is 3. The van der Waals surface area contributed by atoms with Gasteiger partial charge in [-0.05, 0) is 43.2 Å². The van der Waals surface area contributed by atoms with Crippen LogP contribution in [-0.2, 0) is 29.8 Å². The van der Waals surface area contributed by atoms with Crippen LogP contribution in [0.2, 0.25) is 0 Å². The molecule has 2 fully saturated rings. The molecule has 4 nitrogen and oxygen atoms in total. The first-order valence-electron chi connectivity index (χ1n) is 10.2. The Morgan fingerprint density at radius 1 is 1.07 bits per heavy atom. The third-order valence-corrected chi connectivity index (χ3v) is 5.88. The summed E-state index contributed by atoms with van der Waals surface area (Å²) in [6.07, 6.45) is 6.92. The van der Waals surface area contributed by atoms with Gasteiger partial charge in [0.2, 0.25) is 0 Å². The number of hydrogen-bond acceptors (Lipinski definition) is 4. The van der Waals surface area contributed by atoms with Gasteiger partial charge in [0.05, 0.1) is 18.6 Å². The van der Waals surface area contributed by atoms with Gasteiger partial charge >= 0.3 is 5.97 Å². The van der Waals surface area contributed by atoms with Crippen LogP contribution in [0.3, 0.4) is 0 Å². The quantitative estimate of drug-likeness (QED) is 0.555. The molecular formula is C23H32O4. The van der Waals surface area contributed by atoms with Gasteiger partial charge in [0, 0.05) is 25.2 Å². The van der Waals surface area contributed by atoms with E-state index in [-0.39, 0.29) is 11.4 Å². The van der Waals surface area contributed by atoms with E-state index >= 15 is 0 Å². The highest BCUT2D eigenvalue weighted by atomic mass is 16.5. The second-order valence-electron chi connectivity index (χ2n) is 8.05. The molecule has 1 unspecified atom stereocenters. The lowest BCUT2D eigenvalue weighted by Gasteiger charge is -2.35. The van der Waals surface area contributed by atoms with Crippen molar-refractivity contribution in [2.75, 3.05) is 33.0 Å². The predicted octanol–water partition coefficient (Wildman–Crippen LogP) is 4.17. The molecule has 148 valence electrons. The maximum absolute atomic E-state index is 12.8. The number of carbonyl (C=O) groups is 1. The van der Waals surface area contributed by atoms with E-state index < -0.39 is 5.41 Å². The SMILES string of the molecule is CCOC(=O)C1(c2ccc(C3(/C=C/C(C)C)CCOC3)cc2)CCOCC1. The number of esters is 1. The van der Waals surface area contributed by atoms with Crippen molar-refractivity contribution in [2.24, 2.45) is 5.92 Å². The van der Waals surface area contributed by atoms with Crippen molar-refractivity contribution in [3.05, 3.63) is 47.5 Å². The summed E-state index contributed by atoms with van der Waals surface area (Å²) in [5.41, 5.74) is 1.65. The summed E-state index contributed by atoms with van der Waals surface area (Å²) in [4.78, 5) is 12.8. The fraction of sp³-hybridized carbons (Fsp3) is 0.609. The minimum atomic E-state index is -0.583. The highest BCUT2D eigenvalue weighted by Gasteiger charge is 2.43. The second-order valence-corrected chi connectivity index (χ2v) is 8.05. The van der Waals surface area contributed by atoms with E-state index in [1.54, 1.807) is 0 Å². The summed E-state index contributed by atoms with van der Waals surface area (Å²) < 4.78 is 16.7. The Hall–Kier alpha value is -1.65. The molecule has 0 bridgehead atoms. The zero-order valence-corrected chi connectivity index (χ0v) is 16.8. The van der Waals surface area contributed by atoms with Crippen LogP contribution in [0.15, 0.2) is 36.4 Å². The van der Waals surface area contributed by atoms with Gasteiger partial charge in [-0.15, -0.1) is 0 Å². The van der Waals surface area contributed by atoms with E-state index in [9.17, 15) is 4.79 Å². The molecule has 2 aliphatic rings. The molecule has 27 heavy (non-hydrogen) atoms. The minimum Gasteiger partial charge on any atom is -0.465 e. The van der Waals surface area contributed by atoms with Crippen LogP contribution in [-0.4, -0.2) is 39.0 Å². The zero-order chi connectivity index (χ0) is 19.3. The van der Waals surface area contributed by atoms with E-state index in [1.165, 1.54) is 5.56 Å². The third kappa shape index (κ3) is 4.12. The highest BCUT2D eigenvalue weighted by Crippen LogP contribution is 2.39. The van der Waals surface area contributed by atoms with Crippen LogP contribution < -0.4 is 0 Å². The fourth-order valence-corrected chi connectivity index (χ4v) is 4.13. The summed E-state index contributed by atoms with van der Waals surface area (Å²) in [6.45, 7) is 9.33. The highest BCUT2D eigenvalue weighted by molar-refractivity contribution is 5.83. The molecule has 2 saturated heterocycles. The van der Waals surface area contributed by atoms with E-state index in [0.717, 1.165) is 18.6 Å². The standard InChI is InChI=1S/C23H32O4/c1-4-27-21(24)23(12-15-25-16-13-23)20-7-5-19(6-8-20)22(10-9-18(2)3)11-14-26-17-22/h5-10,18H,4,11-17H2,1-3H3/b10-9+. The van der Waals surface area contributed by atoms with Crippen LogP contribution in [0, 0.1) is 5.92 Å². The number of benzene rings is 1. The molecule has 0 N–H and O–H groups in total. The van der Waals surface area contributed by atoms with Gasteiger partial charge in [-0.1, -0.05) is 50.3 Å². The Labute approximate surface area is 162 Å². The van der Waals surface area contributed by atoms with Gasteiger partial charge in [0.15, 0.2) is 0 Å².